The first-order valence-corrected chi connectivity index (χ1v) is 8.06. The third-order valence-electron chi connectivity index (χ3n) is 4.51. The highest BCUT2D eigenvalue weighted by atomic mass is 16.5. The fraction of sp³-hybridized carbons (Fsp3) is 0.500. The van der Waals surface area contributed by atoms with E-state index < -0.39 is 0 Å². The number of hydrogen-bond acceptors (Lipinski definition) is 3. The molecule has 4 heteroatoms. The van der Waals surface area contributed by atoms with Gasteiger partial charge in [0.2, 0.25) is 5.91 Å². The van der Waals surface area contributed by atoms with Crippen LogP contribution in [0.3, 0.4) is 0 Å². The molecule has 1 aromatic carbocycles. The number of methoxy groups -OCH3 is 1. The molecule has 118 valence electrons. The first-order valence-electron chi connectivity index (χ1n) is 8.06. The van der Waals surface area contributed by atoms with Crippen LogP contribution in [-0.2, 0) is 4.79 Å². The molecule has 0 bridgehead atoms. The second-order valence-corrected chi connectivity index (χ2v) is 6.09. The lowest BCUT2D eigenvalue weighted by atomic mass is 9.88. The Morgan fingerprint density at radius 3 is 2.82 bits per heavy atom. The summed E-state index contributed by atoms with van der Waals surface area (Å²) in [5.41, 5.74) is 0.735. The van der Waals surface area contributed by atoms with Crippen molar-refractivity contribution in [2.45, 2.75) is 45.1 Å². The fourth-order valence-corrected chi connectivity index (χ4v) is 3.20. The maximum Gasteiger partial charge on any atom is 0.223 e. The van der Waals surface area contributed by atoms with Gasteiger partial charge in [0, 0.05) is 11.3 Å². The van der Waals surface area contributed by atoms with Crippen molar-refractivity contribution in [3.05, 3.63) is 30.0 Å². The Bertz CT molecular complexity index is 655. The predicted molar refractivity (Wildman–Crippen MR) is 85.9 cm³/mol. The number of carbonyl (C=O) groups is 1. The number of ether oxygens (including phenoxy) is 1. The van der Waals surface area contributed by atoms with Crippen molar-refractivity contribution >= 4 is 16.9 Å². The van der Waals surface area contributed by atoms with Crippen LogP contribution >= 0.6 is 0 Å². The largest absolute Gasteiger partial charge is 0.493 e. The average molecular weight is 301 g/mol. The predicted octanol–water partition coefficient (Wildman–Crippen LogP) is 4.20. The van der Waals surface area contributed by atoms with E-state index in [-0.39, 0.29) is 17.9 Å². The van der Waals surface area contributed by atoms with Gasteiger partial charge >= 0.3 is 0 Å². The number of nitrogens with one attached hydrogen (secondary N) is 1. The van der Waals surface area contributed by atoms with Gasteiger partial charge in [0.1, 0.15) is 5.76 Å². The van der Waals surface area contributed by atoms with E-state index in [1.807, 2.05) is 31.2 Å². The molecule has 4 nitrogen and oxygen atoms in total. The van der Waals surface area contributed by atoms with E-state index in [0.717, 1.165) is 48.2 Å². The molecule has 1 saturated carbocycles. The van der Waals surface area contributed by atoms with Crippen LogP contribution in [0.15, 0.2) is 28.7 Å². The Balaban J connectivity index is 1.74. The summed E-state index contributed by atoms with van der Waals surface area (Å²) in [6.07, 6.45) is 5.59. The summed E-state index contributed by atoms with van der Waals surface area (Å²) in [5, 5.41) is 4.08. The summed E-state index contributed by atoms with van der Waals surface area (Å²) in [5.74, 6) is 1.80. The molecule has 0 spiro atoms. The Morgan fingerprint density at radius 2 is 2.09 bits per heavy atom. The number of para-hydroxylation sites is 1. The van der Waals surface area contributed by atoms with Crippen LogP contribution in [0, 0.1) is 5.92 Å². The average Bonchev–Trinajstić information content (AvgIpc) is 2.99. The van der Waals surface area contributed by atoms with Gasteiger partial charge in [-0.05, 0) is 31.9 Å². The summed E-state index contributed by atoms with van der Waals surface area (Å²) < 4.78 is 11.2. The molecule has 1 N–H and O–H groups in total. The van der Waals surface area contributed by atoms with Crippen molar-refractivity contribution in [3.63, 3.8) is 0 Å². The number of amides is 1. The molecule has 1 aliphatic rings. The van der Waals surface area contributed by atoms with Crippen LogP contribution in [0.1, 0.15) is 50.8 Å². The molecule has 1 heterocycles. The molecular weight excluding hydrogens is 278 g/mol. The van der Waals surface area contributed by atoms with Gasteiger partial charge < -0.3 is 14.5 Å². The number of benzene rings is 1. The van der Waals surface area contributed by atoms with Gasteiger partial charge in [-0.3, -0.25) is 4.79 Å². The van der Waals surface area contributed by atoms with Crippen molar-refractivity contribution in [2.24, 2.45) is 5.92 Å². The van der Waals surface area contributed by atoms with Crippen LogP contribution in [0.4, 0.5) is 0 Å². The van der Waals surface area contributed by atoms with Gasteiger partial charge in [0.25, 0.3) is 0 Å². The van der Waals surface area contributed by atoms with E-state index in [1.54, 1.807) is 7.11 Å². The van der Waals surface area contributed by atoms with E-state index in [0.29, 0.717) is 0 Å². The molecule has 0 aliphatic heterocycles. The quantitative estimate of drug-likeness (QED) is 0.920. The highest BCUT2D eigenvalue weighted by Crippen LogP contribution is 2.31. The normalized spacial score (nSPS) is 17.4. The zero-order valence-electron chi connectivity index (χ0n) is 13.2. The first kappa shape index (κ1) is 14.9. The van der Waals surface area contributed by atoms with Crippen LogP contribution in [0.2, 0.25) is 0 Å². The zero-order chi connectivity index (χ0) is 15.5. The molecule has 22 heavy (non-hydrogen) atoms. The summed E-state index contributed by atoms with van der Waals surface area (Å²) in [6, 6.07) is 7.64. The highest BCUT2D eigenvalue weighted by molar-refractivity contribution is 5.84. The molecule has 1 aromatic heterocycles. The van der Waals surface area contributed by atoms with Crippen molar-refractivity contribution < 1.29 is 13.9 Å². The second kappa shape index (κ2) is 6.42. The molecule has 0 radical (unpaired) electrons. The van der Waals surface area contributed by atoms with Gasteiger partial charge in [-0.15, -0.1) is 0 Å². The van der Waals surface area contributed by atoms with Gasteiger partial charge in [0.05, 0.1) is 13.2 Å². The molecule has 0 saturated heterocycles. The smallest absolute Gasteiger partial charge is 0.223 e. The summed E-state index contributed by atoms with van der Waals surface area (Å²) in [7, 11) is 1.63. The maximum absolute atomic E-state index is 12.3. The first-order chi connectivity index (χ1) is 10.7. The molecule has 2 aromatic rings. The summed E-state index contributed by atoms with van der Waals surface area (Å²) >= 11 is 0. The minimum absolute atomic E-state index is 0.133. The fourth-order valence-electron chi connectivity index (χ4n) is 3.20. The van der Waals surface area contributed by atoms with E-state index in [2.05, 4.69) is 5.32 Å². The SMILES string of the molecule is COc1cccc2cc([C@@H](C)NC(=O)C3CCCCC3)oc12. The number of carbonyl (C=O) groups excluding carboxylic acids is 1. The number of furan rings is 1. The molecule has 1 aliphatic carbocycles. The van der Waals surface area contributed by atoms with Gasteiger partial charge in [-0.2, -0.15) is 0 Å². The van der Waals surface area contributed by atoms with Crippen LogP contribution < -0.4 is 10.1 Å². The molecule has 1 atom stereocenters. The Labute approximate surface area is 130 Å². The van der Waals surface area contributed by atoms with E-state index in [4.69, 9.17) is 9.15 Å². The maximum atomic E-state index is 12.3. The monoisotopic (exact) mass is 301 g/mol. The Morgan fingerprint density at radius 1 is 1.32 bits per heavy atom. The van der Waals surface area contributed by atoms with Crippen LogP contribution in [0.5, 0.6) is 5.75 Å². The van der Waals surface area contributed by atoms with Crippen molar-refractivity contribution in [2.75, 3.05) is 7.11 Å². The zero-order valence-corrected chi connectivity index (χ0v) is 13.2. The molecule has 3 rings (SSSR count). The van der Waals surface area contributed by atoms with Gasteiger partial charge in [-0.25, -0.2) is 0 Å². The molecule has 1 amide bonds. The lowest BCUT2D eigenvalue weighted by molar-refractivity contribution is -0.126. The second-order valence-electron chi connectivity index (χ2n) is 6.09. The van der Waals surface area contributed by atoms with Crippen LogP contribution in [0.25, 0.3) is 11.0 Å². The third-order valence-corrected chi connectivity index (χ3v) is 4.51. The summed E-state index contributed by atoms with van der Waals surface area (Å²) in [6.45, 7) is 1.96. The lowest BCUT2D eigenvalue weighted by Crippen LogP contribution is -2.33. The van der Waals surface area contributed by atoms with Crippen LogP contribution in [-0.4, -0.2) is 13.0 Å². The summed E-state index contributed by atoms with van der Waals surface area (Å²) in [4.78, 5) is 12.3. The van der Waals surface area contributed by atoms with Crippen molar-refractivity contribution in [1.29, 1.82) is 0 Å². The van der Waals surface area contributed by atoms with E-state index >= 15 is 0 Å². The standard InChI is InChI=1S/C18H23NO3/c1-12(19-18(20)13-7-4-3-5-8-13)16-11-14-9-6-10-15(21-2)17(14)22-16/h6,9-13H,3-5,7-8H2,1-2H3,(H,19,20)/t12-/m1/s1. The highest BCUT2D eigenvalue weighted by Gasteiger charge is 2.23. The number of hydrogen-bond donors (Lipinski definition) is 1. The molecule has 1 fully saturated rings. The number of rotatable bonds is 4. The van der Waals surface area contributed by atoms with E-state index in [1.165, 1.54) is 6.42 Å². The van der Waals surface area contributed by atoms with E-state index in [9.17, 15) is 4.79 Å². The third kappa shape index (κ3) is 2.96. The van der Waals surface area contributed by atoms with Crippen molar-refractivity contribution in [3.8, 4) is 5.75 Å². The molecule has 0 unspecified atom stereocenters. The minimum Gasteiger partial charge on any atom is -0.493 e. The Hall–Kier alpha value is -1.97. The number of fused-ring (bicyclic) bond motifs is 1. The Kier molecular flexibility index (Phi) is 4.36. The lowest BCUT2D eigenvalue weighted by Gasteiger charge is -2.22. The topological polar surface area (TPSA) is 51.5 Å². The molecular formula is C18H23NO3. The minimum atomic E-state index is -0.133. The van der Waals surface area contributed by atoms with Crippen molar-refractivity contribution in [1.82, 2.24) is 5.32 Å². The van der Waals surface area contributed by atoms with Gasteiger partial charge in [0.15, 0.2) is 11.3 Å². The van der Waals surface area contributed by atoms with Gasteiger partial charge in [-0.1, -0.05) is 31.4 Å².